The maximum atomic E-state index is 13.4. The number of carbonyl (C=O) groups excluding carboxylic acids is 3. The van der Waals surface area contributed by atoms with Crippen LogP contribution in [0.5, 0.6) is 5.75 Å². The van der Waals surface area contributed by atoms with Crippen molar-refractivity contribution in [2.24, 2.45) is 0 Å². The minimum atomic E-state index is -0.884. The number of hydrogen-bond acceptors (Lipinski definition) is 5. The summed E-state index contributed by atoms with van der Waals surface area (Å²) in [6.07, 6.45) is -0.132. The van der Waals surface area contributed by atoms with Crippen LogP contribution >= 0.6 is 0 Å². The van der Waals surface area contributed by atoms with Crippen molar-refractivity contribution in [1.29, 1.82) is 0 Å². The molecular formula is C19H16F2O5. The molecule has 2 aromatic rings. The molecule has 5 nitrogen and oxygen atoms in total. The molecule has 2 aromatic carbocycles. The van der Waals surface area contributed by atoms with E-state index in [2.05, 4.69) is 0 Å². The monoisotopic (exact) mass is 362 g/mol. The molecule has 0 bridgehead atoms. The molecule has 0 amide bonds. The highest BCUT2D eigenvalue weighted by atomic mass is 19.1. The smallest absolute Gasteiger partial charge is 0.309 e. The second kappa shape index (κ2) is 8.84. The lowest BCUT2D eigenvalue weighted by Crippen LogP contribution is -2.17. The van der Waals surface area contributed by atoms with Crippen molar-refractivity contribution >= 4 is 17.5 Å². The second-order valence-electron chi connectivity index (χ2n) is 5.39. The highest BCUT2D eigenvalue weighted by molar-refractivity contribution is 5.98. The summed E-state index contributed by atoms with van der Waals surface area (Å²) in [6, 6.07) is 8.86. The van der Waals surface area contributed by atoms with E-state index >= 15 is 0 Å². The summed E-state index contributed by atoms with van der Waals surface area (Å²) < 4.78 is 36.6. The van der Waals surface area contributed by atoms with Gasteiger partial charge in [-0.3, -0.25) is 14.4 Å². The van der Waals surface area contributed by atoms with Crippen LogP contribution in [0.2, 0.25) is 0 Å². The third-order valence-electron chi connectivity index (χ3n) is 3.43. The average molecular weight is 362 g/mol. The molecule has 0 spiro atoms. The fourth-order valence-electron chi connectivity index (χ4n) is 2.05. The van der Waals surface area contributed by atoms with Gasteiger partial charge < -0.3 is 9.47 Å². The fourth-order valence-corrected chi connectivity index (χ4v) is 2.05. The zero-order chi connectivity index (χ0) is 19.1. The molecule has 0 aliphatic rings. The van der Waals surface area contributed by atoms with Crippen LogP contribution < -0.4 is 4.74 Å². The molecule has 0 unspecified atom stereocenters. The average Bonchev–Trinajstić information content (AvgIpc) is 2.62. The number of carbonyl (C=O) groups is 3. The number of halogens is 2. The Hall–Kier alpha value is -3.09. The number of ketones is 2. The number of rotatable bonds is 8. The Kier molecular flexibility index (Phi) is 6.54. The molecular weight excluding hydrogens is 346 g/mol. The summed E-state index contributed by atoms with van der Waals surface area (Å²) in [5.41, 5.74) is 0.0689. The summed E-state index contributed by atoms with van der Waals surface area (Å²) >= 11 is 0. The topological polar surface area (TPSA) is 69.7 Å². The van der Waals surface area contributed by atoms with E-state index in [0.717, 1.165) is 18.2 Å². The molecule has 136 valence electrons. The van der Waals surface area contributed by atoms with Gasteiger partial charge in [0.1, 0.15) is 17.4 Å². The van der Waals surface area contributed by atoms with Crippen molar-refractivity contribution in [2.75, 3.05) is 13.2 Å². The Labute approximate surface area is 148 Å². The molecule has 0 aliphatic heterocycles. The lowest BCUT2D eigenvalue weighted by molar-refractivity contribution is -0.143. The van der Waals surface area contributed by atoms with Gasteiger partial charge in [0.15, 0.2) is 12.4 Å². The lowest BCUT2D eigenvalue weighted by atomic mass is 10.1. The molecule has 7 heteroatoms. The lowest BCUT2D eigenvalue weighted by Gasteiger charge is -2.07. The van der Waals surface area contributed by atoms with E-state index in [1.54, 1.807) is 24.3 Å². The predicted octanol–water partition coefficient (Wildman–Crippen LogP) is 3.36. The molecule has 2 rings (SSSR count). The highest BCUT2D eigenvalue weighted by Gasteiger charge is 2.15. The highest BCUT2D eigenvalue weighted by Crippen LogP contribution is 2.13. The summed E-state index contributed by atoms with van der Waals surface area (Å²) in [7, 11) is 0. The van der Waals surface area contributed by atoms with Crippen LogP contribution in [0.3, 0.4) is 0 Å². The van der Waals surface area contributed by atoms with Gasteiger partial charge in [-0.2, -0.15) is 0 Å². The van der Waals surface area contributed by atoms with E-state index in [4.69, 9.17) is 9.47 Å². The zero-order valence-electron chi connectivity index (χ0n) is 14.0. The van der Waals surface area contributed by atoms with Crippen LogP contribution in [-0.2, 0) is 9.53 Å². The molecule has 0 fully saturated rings. The normalized spacial score (nSPS) is 10.3. The number of Topliss-reactive ketones (excluding diaryl/α,β-unsaturated/α-hetero) is 2. The quantitative estimate of drug-likeness (QED) is 0.532. The van der Waals surface area contributed by atoms with Gasteiger partial charge in [0.25, 0.3) is 0 Å². The van der Waals surface area contributed by atoms with Gasteiger partial charge in [-0.25, -0.2) is 8.78 Å². The van der Waals surface area contributed by atoms with Crippen molar-refractivity contribution in [1.82, 2.24) is 0 Å². The van der Waals surface area contributed by atoms with Crippen LogP contribution in [0, 0.1) is 11.6 Å². The molecule has 0 aliphatic carbocycles. The van der Waals surface area contributed by atoms with E-state index in [1.807, 2.05) is 0 Å². The minimum Gasteiger partial charge on any atom is -0.493 e. The van der Waals surface area contributed by atoms with Gasteiger partial charge in [0.05, 0.1) is 18.6 Å². The van der Waals surface area contributed by atoms with Gasteiger partial charge in [0.2, 0.25) is 5.78 Å². The van der Waals surface area contributed by atoms with Crippen molar-refractivity contribution in [2.45, 2.75) is 13.3 Å². The standard InChI is InChI=1S/C19H16F2O5/c1-12(22)13-2-5-15(6-3-13)25-9-8-19(24)26-11-18(23)16-10-14(20)4-7-17(16)21/h2-7,10H,8-9,11H2,1H3. The van der Waals surface area contributed by atoms with Gasteiger partial charge >= 0.3 is 5.97 Å². The molecule has 0 N–H and O–H groups in total. The van der Waals surface area contributed by atoms with Crippen molar-refractivity contribution in [3.05, 3.63) is 65.2 Å². The number of hydrogen-bond donors (Lipinski definition) is 0. The van der Waals surface area contributed by atoms with Crippen LogP contribution in [-0.4, -0.2) is 30.7 Å². The number of benzene rings is 2. The SMILES string of the molecule is CC(=O)c1ccc(OCCC(=O)OCC(=O)c2cc(F)ccc2F)cc1. The van der Waals surface area contributed by atoms with E-state index in [0.29, 0.717) is 11.3 Å². The van der Waals surface area contributed by atoms with Crippen molar-refractivity contribution in [3.8, 4) is 5.75 Å². The van der Waals surface area contributed by atoms with Gasteiger partial charge in [-0.05, 0) is 49.4 Å². The minimum absolute atomic E-state index is 0.000762. The molecule has 0 atom stereocenters. The van der Waals surface area contributed by atoms with Crippen LogP contribution in [0.25, 0.3) is 0 Å². The molecule has 0 saturated carbocycles. The molecule has 0 saturated heterocycles. The molecule has 0 aromatic heterocycles. The maximum absolute atomic E-state index is 13.4. The Morgan fingerprint density at radius 2 is 1.69 bits per heavy atom. The Bertz CT molecular complexity index is 815. The zero-order valence-corrected chi connectivity index (χ0v) is 14.0. The van der Waals surface area contributed by atoms with Crippen LogP contribution in [0.1, 0.15) is 34.1 Å². The van der Waals surface area contributed by atoms with E-state index < -0.39 is 35.6 Å². The summed E-state index contributed by atoms with van der Waals surface area (Å²) in [6.45, 7) is 0.760. The predicted molar refractivity (Wildman–Crippen MR) is 88.2 cm³/mol. The molecule has 0 heterocycles. The fraction of sp³-hybridized carbons (Fsp3) is 0.211. The Balaban J connectivity index is 1.76. The first-order valence-corrected chi connectivity index (χ1v) is 7.74. The first-order chi connectivity index (χ1) is 12.4. The maximum Gasteiger partial charge on any atom is 0.309 e. The van der Waals surface area contributed by atoms with Gasteiger partial charge in [-0.15, -0.1) is 0 Å². The first-order valence-electron chi connectivity index (χ1n) is 7.74. The van der Waals surface area contributed by atoms with Crippen molar-refractivity contribution in [3.63, 3.8) is 0 Å². The Morgan fingerprint density at radius 1 is 1.00 bits per heavy atom. The van der Waals surface area contributed by atoms with Crippen LogP contribution in [0.4, 0.5) is 8.78 Å². The summed E-state index contributed by atoms with van der Waals surface area (Å²) in [5, 5.41) is 0. The number of esters is 1. The van der Waals surface area contributed by atoms with E-state index in [-0.39, 0.29) is 18.8 Å². The molecule has 26 heavy (non-hydrogen) atoms. The third kappa shape index (κ3) is 5.47. The van der Waals surface area contributed by atoms with E-state index in [9.17, 15) is 23.2 Å². The molecule has 0 radical (unpaired) electrons. The summed E-state index contributed by atoms with van der Waals surface area (Å²) in [4.78, 5) is 34.5. The first kappa shape index (κ1) is 19.2. The van der Waals surface area contributed by atoms with Gasteiger partial charge in [0, 0.05) is 5.56 Å². The largest absolute Gasteiger partial charge is 0.493 e. The summed E-state index contributed by atoms with van der Waals surface area (Å²) in [5.74, 6) is -2.79. The number of ether oxygens (including phenoxy) is 2. The third-order valence-corrected chi connectivity index (χ3v) is 3.43. The van der Waals surface area contributed by atoms with Crippen molar-refractivity contribution < 1.29 is 32.6 Å². The second-order valence-corrected chi connectivity index (χ2v) is 5.39. The van der Waals surface area contributed by atoms with Gasteiger partial charge in [-0.1, -0.05) is 0 Å². The van der Waals surface area contributed by atoms with Crippen LogP contribution in [0.15, 0.2) is 42.5 Å². The van der Waals surface area contributed by atoms with E-state index in [1.165, 1.54) is 6.92 Å². The Morgan fingerprint density at radius 3 is 2.35 bits per heavy atom.